The lowest BCUT2D eigenvalue weighted by atomic mass is 10.3. The van der Waals surface area contributed by atoms with Crippen molar-refractivity contribution in [2.45, 2.75) is 19.9 Å². The summed E-state index contributed by atoms with van der Waals surface area (Å²) in [6.45, 7) is 2.81. The molecule has 0 bridgehead atoms. The highest BCUT2D eigenvalue weighted by molar-refractivity contribution is 5.29. The normalized spacial score (nSPS) is 9.50. The monoisotopic (exact) mass is 190 g/mol. The Labute approximate surface area is 84.3 Å². The minimum atomic E-state index is 0.382. The number of hydrogen-bond acceptors (Lipinski definition) is 3. The molecule has 0 aliphatic carbocycles. The molecule has 0 saturated heterocycles. The molecule has 1 aromatic rings. The summed E-state index contributed by atoms with van der Waals surface area (Å²) in [7, 11) is 0. The average Bonchev–Trinajstić information content (AvgIpc) is 2.20. The van der Waals surface area contributed by atoms with Gasteiger partial charge in [0.1, 0.15) is 5.75 Å². The summed E-state index contributed by atoms with van der Waals surface area (Å²) in [5, 5.41) is 0. The van der Waals surface area contributed by atoms with Crippen molar-refractivity contribution in [2.24, 2.45) is 5.73 Å². The average molecular weight is 190 g/mol. The van der Waals surface area contributed by atoms with E-state index in [0.29, 0.717) is 19.6 Å². The number of aromatic nitrogens is 1. The van der Waals surface area contributed by atoms with E-state index in [9.17, 15) is 0 Å². The van der Waals surface area contributed by atoms with Crippen molar-refractivity contribution in [3.8, 4) is 18.1 Å². The van der Waals surface area contributed by atoms with E-state index in [1.54, 1.807) is 0 Å². The van der Waals surface area contributed by atoms with Crippen molar-refractivity contribution >= 4 is 0 Å². The number of nitrogens with zero attached hydrogens (tertiary/aromatic N) is 1. The van der Waals surface area contributed by atoms with Crippen LogP contribution in [0, 0.1) is 19.3 Å². The Bertz CT molecular complexity index is 342. The van der Waals surface area contributed by atoms with Crippen LogP contribution in [0.15, 0.2) is 12.1 Å². The Morgan fingerprint density at radius 3 is 3.00 bits per heavy atom. The number of terminal acetylenes is 1. The van der Waals surface area contributed by atoms with Gasteiger partial charge in [-0.15, -0.1) is 12.3 Å². The molecule has 1 heterocycles. The molecular weight excluding hydrogens is 176 g/mol. The predicted molar refractivity (Wildman–Crippen MR) is 55.8 cm³/mol. The molecule has 3 heteroatoms. The molecule has 2 N–H and O–H groups in total. The maximum atomic E-state index is 5.54. The van der Waals surface area contributed by atoms with Gasteiger partial charge in [-0.05, 0) is 19.1 Å². The van der Waals surface area contributed by atoms with Gasteiger partial charge in [0.25, 0.3) is 0 Å². The third kappa shape index (κ3) is 2.75. The molecule has 0 unspecified atom stereocenters. The van der Waals surface area contributed by atoms with Crippen molar-refractivity contribution in [1.82, 2.24) is 4.98 Å². The van der Waals surface area contributed by atoms with Crippen molar-refractivity contribution in [3.05, 3.63) is 23.5 Å². The third-order valence-corrected chi connectivity index (χ3v) is 1.77. The summed E-state index contributed by atoms with van der Waals surface area (Å²) in [5.74, 6) is 3.24. The van der Waals surface area contributed by atoms with Gasteiger partial charge in [0.05, 0.1) is 12.3 Å². The van der Waals surface area contributed by atoms with Gasteiger partial charge in [-0.1, -0.05) is 0 Å². The Hall–Kier alpha value is -1.53. The lowest BCUT2D eigenvalue weighted by molar-refractivity contribution is 0.322. The molecule has 0 aliphatic rings. The minimum absolute atomic E-state index is 0.382. The second-order valence-corrected chi connectivity index (χ2v) is 2.90. The minimum Gasteiger partial charge on any atom is -0.491 e. The van der Waals surface area contributed by atoms with Crippen LogP contribution in [-0.4, -0.2) is 11.6 Å². The number of nitrogens with two attached hydrogens (primary N) is 1. The molecule has 0 fully saturated rings. The Kier molecular flexibility index (Phi) is 3.96. The van der Waals surface area contributed by atoms with Crippen LogP contribution < -0.4 is 10.5 Å². The standard InChI is InChI=1S/C11H14N2O/c1-3-4-7-14-11-6-5-9(2)13-10(11)8-12/h1,5-6H,4,7-8,12H2,2H3. The molecular formula is C11H14N2O. The lowest BCUT2D eigenvalue weighted by Crippen LogP contribution is -2.06. The topological polar surface area (TPSA) is 48.1 Å². The second-order valence-electron chi connectivity index (χ2n) is 2.90. The fraction of sp³-hybridized carbons (Fsp3) is 0.364. The molecule has 1 aromatic heterocycles. The number of aryl methyl sites for hydroxylation is 1. The van der Waals surface area contributed by atoms with E-state index >= 15 is 0 Å². The molecule has 0 amide bonds. The Morgan fingerprint density at radius 2 is 2.36 bits per heavy atom. The number of pyridine rings is 1. The predicted octanol–water partition coefficient (Wildman–Crippen LogP) is 1.25. The molecule has 0 radical (unpaired) electrons. The molecule has 0 spiro atoms. The molecule has 74 valence electrons. The van der Waals surface area contributed by atoms with Gasteiger partial charge in [0.15, 0.2) is 0 Å². The largest absolute Gasteiger partial charge is 0.491 e. The van der Waals surface area contributed by atoms with Crippen LogP contribution in [0.4, 0.5) is 0 Å². The van der Waals surface area contributed by atoms with Crippen molar-refractivity contribution in [1.29, 1.82) is 0 Å². The summed E-state index contributed by atoms with van der Waals surface area (Å²) in [4.78, 5) is 4.27. The van der Waals surface area contributed by atoms with Gasteiger partial charge in [0.2, 0.25) is 0 Å². The number of rotatable bonds is 4. The zero-order valence-electron chi connectivity index (χ0n) is 8.29. The highest BCUT2D eigenvalue weighted by Gasteiger charge is 2.03. The molecule has 0 aliphatic heterocycles. The summed E-state index contributed by atoms with van der Waals surface area (Å²) < 4.78 is 5.44. The first-order valence-corrected chi connectivity index (χ1v) is 4.50. The van der Waals surface area contributed by atoms with Gasteiger partial charge in [0, 0.05) is 18.7 Å². The SMILES string of the molecule is C#CCCOc1ccc(C)nc1CN. The smallest absolute Gasteiger partial charge is 0.142 e. The van der Waals surface area contributed by atoms with Gasteiger partial charge in [-0.2, -0.15) is 0 Å². The lowest BCUT2D eigenvalue weighted by Gasteiger charge is -2.08. The summed E-state index contributed by atoms with van der Waals surface area (Å²) in [6.07, 6.45) is 5.71. The Morgan fingerprint density at radius 1 is 1.57 bits per heavy atom. The van der Waals surface area contributed by atoms with Crippen LogP contribution in [-0.2, 0) is 6.54 Å². The van der Waals surface area contributed by atoms with Crippen LogP contribution in [0.3, 0.4) is 0 Å². The first kappa shape index (κ1) is 10.6. The van der Waals surface area contributed by atoms with Gasteiger partial charge in [-0.25, -0.2) is 0 Å². The number of hydrogen-bond donors (Lipinski definition) is 1. The molecule has 1 rings (SSSR count). The molecule has 0 aromatic carbocycles. The molecule has 3 nitrogen and oxygen atoms in total. The fourth-order valence-corrected chi connectivity index (χ4v) is 1.10. The Balaban J connectivity index is 2.71. The van der Waals surface area contributed by atoms with E-state index in [2.05, 4.69) is 10.9 Å². The van der Waals surface area contributed by atoms with E-state index in [0.717, 1.165) is 17.1 Å². The summed E-state index contributed by atoms with van der Waals surface area (Å²) in [6, 6.07) is 3.77. The highest BCUT2D eigenvalue weighted by Crippen LogP contribution is 2.16. The quantitative estimate of drug-likeness (QED) is 0.574. The molecule has 14 heavy (non-hydrogen) atoms. The van der Waals surface area contributed by atoms with Crippen LogP contribution in [0.2, 0.25) is 0 Å². The van der Waals surface area contributed by atoms with Crippen molar-refractivity contribution < 1.29 is 4.74 Å². The first-order valence-electron chi connectivity index (χ1n) is 4.50. The van der Waals surface area contributed by atoms with Gasteiger partial charge < -0.3 is 10.5 Å². The van der Waals surface area contributed by atoms with Gasteiger partial charge in [-0.3, -0.25) is 4.98 Å². The molecule has 0 saturated carbocycles. The third-order valence-electron chi connectivity index (χ3n) is 1.77. The van der Waals surface area contributed by atoms with Crippen LogP contribution in [0.5, 0.6) is 5.75 Å². The van der Waals surface area contributed by atoms with E-state index in [1.165, 1.54) is 0 Å². The van der Waals surface area contributed by atoms with E-state index in [1.807, 2.05) is 19.1 Å². The van der Waals surface area contributed by atoms with Crippen LogP contribution in [0.25, 0.3) is 0 Å². The maximum absolute atomic E-state index is 5.54. The number of ether oxygens (including phenoxy) is 1. The zero-order chi connectivity index (χ0) is 10.4. The van der Waals surface area contributed by atoms with E-state index in [4.69, 9.17) is 16.9 Å². The zero-order valence-corrected chi connectivity index (χ0v) is 8.29. The highest BCUT2D eigenvalue weighted by atomic mass is 16.5. The summed E-state index contributed by atoms with van der Waals surface area (Å²) >= 11 is 0. The fourth-order valence-electron chi connectivity index (χ4n) is 1.10. The summed E-state index contributed by atoms with van der Waals surface area (Å²) in [5.41, 5.74) is 7.26. The maximum Gasteiger partial charge on any atom is 0.142 e. The van der Waals surface area contributed by atoms with Crippen molar-refractivity contribution in [3.63, 3.8) is 0 Å². The van der Waals surface area contributed by atoms with Crippen molar-refractivity contribution in [2.75, 3.05) is 6.61 Å². The van der Waals surface area contributed by atoms with Crippen LogP contribution in [0.1, 0.15) is 17.8 Å². The molecule has 0 atom stereocenters. The van der Waals surface area contributed by atoms with Crippen LogP contribution >= 0.6 is 0 Å². The second kappa shape index (κ2) is 5.25. The first-order chi connectivity index (χ1) is 6.77. The van der Waals surface area contributed by atoms with E-state index < -0.39 is 0 Å². The van der Waals surface area contributed by atoms with E-state index in [-0.39, 0.29) is 0 Å². The van der Waals surface area contributed by atoms with Gasteiger partial charge >= 0.3 is 0 Å².